The van der Waals surface area contributed by atoms with Gasteiger partial charge in [-0.25, -0.2) is 13.8 Å². The number of hydrogen-bond donors (Lipinski definition) is 1. The van der Waals surface area contributed by atoms with E-state index in [-0.39, 0.29) is 30.1 Å². The van der Waals surface area contributed by atoms with Crippen LogP contribution in [-0.2, 0) is 9.59 Å². The normalized spacial score (nSPS) is 14.2. The van der Waals surface area contributed by atoms with Gasteiger partial charge in [-0.3, -0.25) is 9.59 Å². The van der Waals surface area contributed by atoms with Gasteiger partial charge in [-0.15, -0.1) is 0 Å². The zero-order chi connectivity index (χ0) is 18.8. The van der Waals surface area contributed by atoms with Gasteiger partial charge in [0.1, 0.15) is 17.3 Å². The fourth-order valence-electron chi connectivity index (χ4n) is 2.64. The van der Waals surface area contributed by atoms with Crippen LogP contribution < -0.4 is 10.3 Å². The van der Waals surface area contributed by atoms with Crippen LogP contribution in [0.4, 0.5) is 20.2 Å². The standard InChI is InChI=1S/C19H17F2N3O2/c1-11-3-4-12(2)17(9-11)24-18(25)8-7-16(23-24)19(26)22-15-6-5-13(20)10-14(15)21/h3-6,9-10H,7-8H2,1-2H3,(H,22,26). The third kappa shape index (κ3) is 3.61. The van der Waals surface area contributed by atoms with Crippen molar-refractivity contribution in [3.05, 3.63) is 59.2 Å². The molecule has 0 fully saturated rings. The number of aryl methyl sites for hydroxylation is 2. The predicted molar refractivity (Wildman–Crippen MR) is 95.1 cm³/mol. The minimum atomic E-state index is -0.878. The summed E-state index contributed by atoms with van der Waals surface area (Å²) in [4.78, 5) is 24.7. The molecule has 0 aromatic heterocycles. The predicted octanol–water partition coefficient (Wildman–Crippen LogP) is 3.70. The molecular weight excluding hydrogens is 340 g/mol. The monoisotopic (exact) mass is 357 g/mol. The molecule has 7 heteroatoms. The summed E-state index contributed by atoms with van der Waals surface area (Å²) < 4.78 is 26.7. The zero-order valence-electron chi connectivity index (χ0n) is 14.3. The van der Waals surface area contributed by atoms with E-state index in [2.05, 4.69) is 10.4 Å². The molecule has 0 radical (unpaired) electrons. The summed E-state index contributed by atoms with van der Waals surface area (Å²) in [6, 6.07) is 8.48. The fourth-order valence-corrected chi connectivity index (χ4v) is 2.64. The molecule has 1 heterocycles. The Bertz CT molecular complexity index is 925. The molecule has 0 aliphatic carbocycles. The second-order valence-corrected chi connectivity index (χ2v) is 6.12. The average molecular weight is 357 g/mol. The number of amides is 2. The van der Waals surface area contributed by atoms with Crippen LogP contribution in [0.5, 0.6) is 0 Å². The van der Waals surface area contributed by atoms with Crippen LogP contribution in [0.3, 0.4) is 0 Å². The Morgan fingerprint density at radius 3 is 2.62 bits per heavy atom. The van der Waals surface area contributed by atoms with Gasteiger partial charge < -0.3 is 5.32 Å². The quantitative estimate of drug-likeness (QED) is 0.910. The molecule has 2 aromatic carbocycles. The molecule has 1 aliphatic rings. The van der Waals surface area contributed by atoms with Crippen molar-refractivity contribution >= 4 is 28.9 Å². The van der Waals surface area contributed by atoms with Crippen LogP contribution in [0.15, 0.2) is 41.5 Å². The van der Waals surface area contributed by atoms with Gasteiger partial charge in [-0.05, 0) is 43.2 Å². The lowest BCUT2D eigenvalue weighted by Crippen LogP contribution is -2.36. The molecule has 2 amide bonds. The molecule has 0 unspecified atom stereocenters. The van der Waals surface area contributed by atoms with Crippen molar-refractivity contribution in [2.75, 3.05) is 10.3 Å². The molecule has 3 rings (SSSR count). The topological polar surface area (TPSA) is 61.8 Å². The molecule has 0 atom stereocenters. The molecule has 2 aromatic rings. The first-order valence-corrected chi connectivity index (χ1v) is 8.09. The Kier molecular flexibility index (Phi) is 4.79. The van der Waals surface area contributed by atoms with Crippen molar-refractivity contribution in [3.8, 4) is 0 Å². The number of carbonyl (C=O) groups excluding carboxylic acids is 2. The Morgan fingerprint density at radius 2 is 1.88 bits per heavy atom. The van der Waals surface area contributed by atoms with Crippen molar-refractivity contribution in [1.29, 1.82) is 0 Å². The summed E-state index contributed by atoms with van der Waals surface area (Å²) in [6.45, 7) is 3.74. The molecule has 5 nitrogen and oxygen atoms in total. The number of rotatable bonds is 3. The number of hydrazone groups is 1. The lowest BCUT2D eigenvalue weighted by molar-refractivity contribution is -0.118. The molecule has 0 saturated carbocycles. The van der Waals surface area contributed by atoms with Gasteiger partial charge in [-0.2, -0.15) is 5.10 Å². The number of benzene rings is 2. The lowest BCUT2D eigenvalue weighted by atomic mass is 10.1. The van der Waals surface area contributed by atoms with Crippen LogP contribution in [0.25, 0.3) is 0 Å². The minimum Gasteiger partial charge on any atom is -0.318 e. The Labute approximate surface area is 149 Å². The second kappa shape index (κ2) is 7.03. The average Bonchev–Trinajstić information content (AvgIpc) is 2.60. The summed E-state index contributed by atoms with van der Waals surface area (Å²) >= 11 is 0. The summed E-state index contributed by atoms with van der Waals surface area (Å²) in [7, 11) is 0. The Morgan fingerprint density at radius 1 is 1.12 bits per heavy atom. The number of anilines is 2. The smallest absolute Gasteiger partial charge is 0.271 e. The van der Waals surface area contributed by atoms with Crippen LogP contribution in [0.1, 0.15) is 24.0 Å². The highest BCUT2D eigenvalue weighted by molar-refractivity contribution is 6.44. The maximum absolute atomic E-state index is 13.7. The van der Waals surface area contributed by atoms with E-state index in [0.717, 1.165) is 23.3 Å². The summed E-state index contributed by atoms with van der Waals surface area (Å²) in [5.41, 5.74) is 2.37. The first kappa shape index (κ1) is 17.7. The molecule has 26 heavy (non-hydrogen) atoms. The van der Waals surface area contributed by atoms with Crippen molar-refractivity contribution in [2.45, 2.75) is 26.7 Å². The van der Waals surface area contributed by atoms with Crippen molar-refractivity contribution in [3.63, 3.8) is 0 Å². The lowest BCUT2D eigenvalue weighted by Gasteiger charge is -2.24. The Hall–Kier alpha value is -3.09. The van der Waals surface area contributed by atoms with E-state index in [1.807, 2.05) is 32.0 Å². The van der Waals surface area contributed by atoms with Gasteiger partial charge in [-0.1, -0.05) is 12.1 Å². The third-order valence-corrected chi connectivity index (χ3v) is 4.07. The van der Waals surface area contributed by atoms with Gasteiger partial charge >= 0.3 is 0 Å². The molecule has 0 saturated heterocycles. The van der Waals surface area contributed by atoms with Gasteiger partial charge in [0.2, 0.25) is 5.91 Å². The summed E-state index contributed by atoms with van der Waals surface area (Å²) in [6.07, 6.45) is 0.264. The zero-order valence-corrected chi connectivity index (χ0v) is 14.3. The molecule has 1 N–H and O–H groups in total. The number of nitrogens with zero attached hydrogens (tertiary/aromatic N) is 2. The van der Waals surface area contributed by atoms with E-state index in [1.165, 1.54) is 5.01 Å². The van der Waals surface area contributed by atoms with Gasteiger partial charge in [0.25, 0.3) is 5.91 Å². The highest BCUT2D eigenvalue weighted by atomic mass is 19.1. The van der Waals surface area contributed by atoms with Crippen LogP contribution in [0.2, 0.25) is 0 Å². The first-order chi connectivity index (χ1) is 12.3. The van der Waals surface area contributed by atoms with Crippen molar-refractivity contribution in [2.24, 2.45) is 5.10 Å². The van der Waals surface area contributed by atoms with E-state index >= 15 is 0 Å². The van der Waals surface area contributed by atoms with Crippen molar-refractivity contribution < 1.29 is 18.4 Å². The maximum atomic E-state index is 13.7. The van der Waals surface area contributed by atoms with E-state index in [1.54, 1.807) is 0 Å². The minimum absolute atomic E-state index is 0.106. The van der Waals surface area contributed by atoms with Crippen LogP contribution >= 0.6 is 0 Å². The number of halogens is 2. The fraction of sp³-hybridized carbons (Fsp3) is 0.211. The van der Waals surface area contributed by atoms with Crippen LogP contribution in [0, 0.1) is 25.5 Å². The van der Waals surface area contributed by atoms with E-state index in [9.17, 15) is 18.4 Å². The van der Waals surface area contributed by atoms with Crippen molar-refractivity contribution in [1.82, 2.24) is 0 Å². The van der Waals surface area contributed by atoms with Gasteiger partial charge in [0.15, 0.2) is 0 Å². The third-order valence-electron chi connectivity index (χ3n) is 4.07. The van der Waals surface area contributed by atoms with Crippen LogP contribution in [-0.4, -0.2) is 17.5 Å². The maximum Gasteiger partial charge on any atom is 0.271 e. The first-order valence-electron chi connectivity index (χ1n) is 8.09. The Balaban J connectivity index is 1.88. The van der Waals surface area contributed by atoms with Gasteiger partial charge in [0, 0.05) is 18.9 Å². The summed E-state index contributed by atoms with van der Waals surface area (Å²) in [5.74, 6) is -2.46. The number of nitrogens with one attached hydrogen (secondary N) is 1. The highest BCUT2D eigenvalue weighted by Crippen LogP contribution is 2.26. The van der Waals surface area contributed by atoms with Gasteiger partial charge in [0.05, 0.1) is 11.4 Å². The SMILES string of the molecule is Cc1ccc(C)c(N2N=C(C(=O)Nc3ccc(F)cc3F)CCC2=O)c1. The number of carbonyl (C=O) groups is 2. The largest absolute Gasteiger partial charge is 0.318 e. The molecule has 1 aliphatic heterocycles. The number of hydrogen-bond acceptors (Lipinski definition) is 3. The van der Waals surface area contributed by atoms with E-state index in [4.69, 9.17) is 0 Å². The molecular formula is C19H17F2N3O2. The van der Waals surface area contributed by atoms with E-state index < -0.39 is 17.5 Å². The second-order valence-electron chi connectivity index (χ2n) is 6.12. The molecule has 0 spiro atoms. The molecule has 134 valence electrons. The molecule has 0 bridgehead atoms. The highest BCUT2D eigenvalue weighted by Gasteiger charge is 2.27. The summed E-state index contributed by atoms with van der Waals surface area (Å²) in [5, 5.41) is 7.75. The van der Waals surface area contributed by atoms with E-state index in [0.29, 0.717) is 11.8 Å².